The lowest BCUT2D eigenvalue weighted by atomic mass is 9.75. The molecule has 0 bridgehead atoms. The van der Waals surface area contributed by atoms with Crippen LogP contribution in [0.5, 0.6) is 0 Å². The van der Waals surface area contributed by atoms with Crippen LogP contribution in [0.15, 0.2) is 0 Å². The fourth-order valence-corrected chi connectivity index (χ4v) is 2.36. The Morgan fingerprint density at radius 2 is 2.27 bits per heavy atom. The molecule has 1 aliphatic carbocycles. The van der Waals surface area contributed by atoms with Crippen molar-refractivity contribution in [3.63, 3.8) is 0 Å². The standard InChI is InChI=1S/C10H18O/c1-4-9-6-5-7-10(9,3)8(2)11/h9H,4-7H2,1-3H3. The summed E-state index contributed by atoms with van der Waals surface area (Å²) in [4.78, 5) is 11.3. The van der Waals surface area contributed by atoms with Gasteiger partial charge in [-0.25, -0.2) is 0 Å². The molecule has 64 valence electrons. The normalized spacial score (nSPS) is 37.5. The average molecular weight is 154 g/mol. The van der Waals surface area contributed by atoms with Gasteiger partial charge in [0.1, 0.15) is 5.78 Å². The largest absolute Gasteiger partial charge is 0.299 e. The number of rotatable bonds is 2. The fourth-order valence-electron chi connectivity index (χ4n) is 2.36. The third-order valence-electron chi connectivity index (χ3n) is 3.45. The Bertz CT molecular complexity index is 162. The predicted octanol–water partition coefficient (Wildman–Crippen LogP) is 2.79. The van der Waals surface area contributed by atoms with Crippen molar-refractivity contribution in [2.24, 2.45) is 11.3 Å². The summed E-state index contributed by atoms with van der Waals surface area (Å²) in [5.41, 5.74) is 0.0226. The minimum Gasteiger partial charge on any atom is -0.299 e. The van der Waals surface area contributed by atoms with Gasteiger partial charge in [0, 0.05) is 5.41 Å². The second-order valence-corrected chi connectivity index (χ2v) is 3.97. The summed E-state index contributed by atoms with van der Waals surface area (Å²) >= 11 is 0. The van der Waals surface area contributed by atoms with E-state index < -0.39 is 0 Å². The molecular weight excluding hydrogens is 136 g/mol. The Balaban J connectivity index is 2.75. The molecule has 1 heteroatoms. The van der Waals surface area contributed by atoms with Gasteiger partial charge in [-0.3, -0.25) is 4.79 Å². The van der Waals surface area contributed by atoms with Crippen LogP contribution < -0.4 is 0 Å². The van der Waals surface area contributed by atoms with Gasteiger partial charge in [0.05, 0.1) is 0 Å². The van der Waals surface area contributed by atoms with Crippen molar-refractivity contribution in [2.45, 2.75) is 46.5 Å². The van der Waals surface area contributed by atoms with Crippen LogP contribution >= 0.6 is 0 Å². The maximum Gasteiger partial charge on any atom is 0.135 e. The monoisotopic (exact) mass is 154 g/mol. The van der Waals surface area contributed by atoms with Gasteiger partial charge in [-0.15, -0.1) is 0 Å². The zero-order valence-corrected chi connectivity index (χ0v) is 7.81. The third-order valence-corrected chi connectivity index (χ3v) is 3.45. The molecule has 2 unspecified atom stereocenters. The van der Waals surface area contributed by atoms with Gasteiger partial charge in [0.15, 0.2) is 0 Å². The van der Waals surface area contributed by atoms with Crippen LogP contribution in [0.4, 0.5) is 0 Å². The molecule has 1 fully saturated rings. The Morgan fingerprint density at radius 1 is 1.64 bits per heavy atom. The molecule has 0 radical (unpaired) electrons. The Hall–Kier alpha value is -0.330. The molecule has 0 aromatic carbocycles. The van der Waals surface area contributed by atoms with Gasteiger partial charge in [-0.1, -0.05) is 26.7 Å². The molecule has 0 aromatic rings. The number of hydrogen-bond acceptors (Lipinski definition) is 1. The van der Waals surface area contributed by atoms with E-state index in [9.17, 15) is 4.79 Å². The van der Waals surface area contributed by atoms with Crippen LogP contribution in [0, 0.1) is 11.3 Å². The molecule has 2 atom stereocenters. The number of ketones is 1. The van der Waals surface area contributed by atoms with Crippen LogP contribution in [-0.4, -0.2) is 5.78 Å². The second kappa shape index (κ2) is 2.96. The molecule has 1 saturated carbocycles. The first-order valence-corrected chi connectivity index (χ1v) is 4.62. The molecule has 1 aliphatic rings. The number of hydrogen-bond donors (Lipinski definition) is 0. The van der Waals surface area contributed by atoms with Gasteiger partial charge in [0.25, 0.3) is 0 Å². The minimum atomic E-state index is 0.0226. The molecule has 0 saturated heterocycles. The molecule has 1 nitrogen and oxygen atoms in total. The van der Waals surface area contributed by atoms with Crippen molar-refractivity contribution in [1.29, 1.82) is 0 Å². The van der Waals surface area contributed by atoms with E-state index in [0.29, 0.717) is 11.7 Å². The van der Waals surface area contributed by atoms with Crippen molar-refractivity contribution < 1.29 is 4.79 Å². The highest BCUT2D eigenvalue weighted by molar-refractivity contribution is 5.82. The minimum absolute atomic E-state index is 0.0226. The van der Waals surface area contributed by atoms with Crippen LogP contribution in [0.1, 0.15) is 46.5 Å². The molecule has 0 aliphatic heterocycles. The van der Waals surface area contributed by atoms with Gasteiger partial charge in [0.2, 0.25) is 0 Å². The SMILES string of the molecule is CCC1CCCC1(C)C(C)=O. The van der Waals surface area contributed by atoms with Crippen LogP contribution in [-0.2, 0) is 4.79 Å². The summed E-state index contributed by atoms with van der Waals surface area (Å²) in [6.07, 6.45) is 4.78. The van der Waals surface area contributed by atoms with E-state index in [0.717, 1.165) is 12.8 Å². The first-order valence-electron chi connectivity index (χ1n) is 4.62. The van der Waals surface area contributed by atoms with Gasteiger partial charge in [-0.05, 0) is 25.7 Å². The zero-order valence-electron chi connectivity index (χ0n) is 7.81. The maximum atomic E-state index is 11.3. The van der Waals surface area contributed by atoms with Gasteiger partial charge >= 0.3 is 0 Å². The highest BCUT2D eigenvalue weighted by Gasteiger charge is 2.41. The summed E-state index contributed by atoms with van der Waals surface area (Å²) in [7, 11) is 0. The van der Waals surface area contributed by atoms with E-state index in [1.807, 2.05) is 0 Å². The van der Waals surface area contributed by atoms with Crippen molar-refractivity contribution in [2.75, 3.05) is 0 Å². The average Bonchev–Trinajstić information content (AvgIpc) is 2.32. The van der Waals surface area contributed by atoms with Crippen molar-refractivity contribution in [1.82, 2.24) is 0 Å². The third kappa shape index (κ3) is 1.33. The van der Waals surface area contributed by atoms with Crippen molar-refractivity contribution in [3.05, 3.63) is 0 Å². The number of carbonyl (C=O) groups is 1. The fraction of sp³-hybridized carbons (Fsp3) is 0.900. The molecular formula is C10H18O. The van der Waals surface area contributed by atoms with Crippen LogP contribution in [0.3, 0.4) is 0 Å². The highest BCUT2D eigenvalue weighted by Crippen LogP contribution is 2.45. The van der Waals surface area contributed by atoms with Crippen LogP contribution in [0.2, 0.25) is 0 Å². The summed E-state index contributed by atoms with van der Waals surface area (Å²) in [5, 5.41) is 0. The number of carbonyl (C=O) groups excluding carboxylic acids is 1. The second-order valence-electron chi connectivity index (χ2n) is 3.97. The highest BCUT2D eigenvalue weighted by atomic mass is 16.1. The van der Waals surface area contributed by atoms with Crippen molar-refractivity contribution in [3.8, 4) is 0 Å². The zero-order chi connectivity index (χ0) is 8.48. The molecule has 0 spiro atoms. The van der Waals surface area contributed by atoms with E-state index >= 15 is 0 Å². The molecule has 0 aromatic heterocycles. The lowest BCUT2D eigenvalue weighted by Gasteiger charge is -2.27. The first-order chi connectivity index (χ1) is 5.11. The molecule has 0 N–H and O–H groups in total. The van der Waals surface area contributed by atoms with Crippen molar-refractivity contribution >= 4 is 5.78 Å². The Labute approximate surface area is 69.2 Å². The lowest BCUT2D eigenvalue weighted by molar-refractivity contribution is -0.127. The first kappa shape index (κ1) is 8.76. The quantitative estimate of drug-likeness (QED) is 0.597. The summed E-state index contributed by atoms with van der Waals surface area (Å²) in [5.74, 6) is 1.04. The van der Waals surface area contributed by atoms with E-state index in [-0.39, 0.29) is 5.41 Å². The summed E-state index contributed by atoms with van der Waals surface area (Å²) < 4.78 is 0. The topological polar surface area (TPSA) is 17.1 Å². The summed E-state index contributed by atoms with van der Waals surface area (Å²) in [6, 6.07) is 0. The molecule has 1 rings (SSSR count). The molecule has 0 amide bonds. The smallest absolute Gasteiger partial charge is 0.135 e. The Kier molecular flexibility index (Phi) is 2.36. The van der Waals surface area contributed by atoms with E-state index in [1.54, 1.807) is 6.92 Å². The Morgan fingerprint density at radius 3 is 2.64 bits per heavy atom. The molecule has 11 heavy (non-hydrogen) atoms. The maximum absolute atomic E-state index is 11.3. The van der Waals surface area contributed by atoms with E-state index in [1.165, 1.54) is 12.8 Å². The molecule has 0 heterocycles. The number of Topliss-reactive ketones (excluding diaryl/α,β-unsaturated/α-hetero) is 1. The predicted molar refractivity (Wildman–Crippen MR) is 46.4 cm³/mol. The van der Waals surface area contributed by atoms with E-state index in [4.69, 9.17) is 0 Å². The van der Waals surface area contributed by atoms with Gasteiger partial charge < -0.3 is 0 Å². The lowest BCUT2D eigenvalue weighted by Crippen LogP contribution is -2.29. The van der Waals surface area contributed by atoms with Crippen LogP contribution in [0.25, 0.3) is 0 Å². The van der Waals surface area contributed by atoms with E-state index in [2.05, 4.69) is 13.8 Å². The summed E-state index contributed by atoms with van der Waals surface area (Å²) in [6.45, 7) is 6.07. The van der Waals surface area contributed by atoms with Gasteiger partial charge in [-0.2, -0.15) is 0 Å².